The summed E-state index contributed by atoms with van der Waals surface area (Å²) in [7, 11) is -1.44. The molecule has 0 amide bonds. The first-order valence-corrected chi connectivity index (χ1v) is 27.1. The SMILES string of the molecule is C=C(c1ccc2c(c1)C(C)(C)c1ccccc1-2)c1ccc(-c2cc3cccc4ccc5cccc2c5c43)cc1/C(=C1/C=C2C(=CC1)c1ccccc1[SiH]2C)c1ccc2c(c1)C(C)(C)c1ccccc1-2. The lowest BCUT2D eigenvalue weighted by molar-refractivity contribution is 0.660. The zero-order valence-electron chi connectivity index (χ0n) is 40.0. The van der Waals surface area contributed by atoms with E-state index in [1.54, 1.807) is 10.4 Å². The second-order valence-electron chi connectivity index (χ2n) is 21.2. The lowest BCUT2D eigenvalue weighted by atomic mass is 9.78. The van der Waals surface area contributed by atoms with Gasteiger partial charge in [0.1, 0.15) is 8.80 Å². The van der Waals surface area contributed by atoms with E-state index >= 15 is 0 Å². The number of benzene rings is 10. The highest BCUT2D eigenvalue weighted by molar-refractivity contribution is 6.84. The van der Waals surface area contributed by atoms with E-state index in [0.717, 1.165) is 17.6 Å². The Bertz CT molecular complexity index is 4010. The Balaban J connectivity index is 1.04. The van der Waals surface area contributed by atoms with Gasteiger partial charge in [0, 0.05) is 10.8 Å². The van der Waals surface area contributed by atoms with Crippen LogP contribution in [0.25, 0.3) is 82.4 Å². The van der Waals surface area contributed by atoms with E-state index in [9.17, 15) is 0 Å². The van der Waals surface area contributed by atoms with Crippen LogP contribution in [-0.4, -0.2) is 8.80 Å². The molecule has 3 aliphatic carbocycles. The lowest BCUT2D eigenvalue weighted by Crippen LogP contribution is -2.24. The normalized spacial score (nSPS) is 17.5. The van der Waals surface area contributed by atoms with Crippen LogP contribution in [0.3, 0.4) is 0 Å². The molecule has 0 radical (unpaired) electrons. The lowest BCUT2D eigenvalue weighted by Gasteiger charge is -2.26. The van der Waals surface area contributed by atoms with Gasteiger partial charge in [-0.1, -0.05) is 221 Å². The molecule has 0 N–H and O–H groups in total. The summed E-state index contributed by atoms with van der Waals surface area (Å²) in [5, 5.41) is 10.9. The van der Waals surface area contributed by atoms with Gasteiger partial charge in [-0.2, -0.15) is 0 Å². The van der Waals surface area contributed by atoms with E-state index in [0.29, 0.717) is 0 Å². The van der Waals surface area contributed by atoms with Crippen LogP contribution in [0.5, 0.6) is 0 Å². The fourth-order valence-electron chi connectivity index (χ4n) is 13.3. The second kappa shape index (κ2) is 14.5. The Morgan fingerprint density at radius 1 is 0.478 bits per heavy atom. The van der Waals surface area contributed by atoms with Crippen molar-refractivity contribution >= 4 is 63.0 Å². The first-order valence-electron chi connectivity index (χ1n) is 24.8. The smallest absolute Gasteiger partial charge is 0.0905 e. The minimum Gasteiger partial charge on any atom is -0.0905 e. The van der Waals surface area contributed by atoms with E-state index in [2.05, 4.69) is 228 Å². The van der Waals surface area contributed by atoms with Gasteiger partial charge in [0.2, 0.25) is 0 Å². The summed E-state index contributed by atoms with van der Waals surface area (Å²) in [5.74, 6) is 0. The molecular formula is C68H52Si. The highest BCUT2D eigenvalue weighted by atomic mass is 28.3. The fraction of sp³-hybridized carbons (Fsp3) is 0.118. The van der Waals surface area contributed by atoms with Crippen molar-refractivity contribution in [1.29, 1.82) is 0 Å². The van der Waals surface area contributed by atoms with Crippen molar-refractivity contribution in [2.75, 3.05) is 0 Å². The van der Waals surface area contributed by atoms with E-state index < -0.39 is 8.80 Å². The predicted octanol–water partition coefficient (Wildman–Crippen LogP) is 16.8. The molecule has 10 aromatic carbocycles. The number of allylic oxidation sites excluding steroid dienone is 5. The zero-order chi connectivity index (χ0) is 46.5. The maximum Gasteiger partial charge on any atom is 0.101 e. The second-order valence-corrected chi connectivity index (χ2v) is 23.9. The Morgan fingerprint density at radius 2 is 1.07 bits per heavy atom. The van der Waals surface area contributed by atoms with Gasteiger partial charge in [-0.15, -0.1) is 0 Å². The molecule has 1 heterocycles. The molecule has 0 spiro atoms. The van der Waals surface area contributed by atoms with Crippen molar-refractivity contribution in [1.82, 2.24) is 0 Å². The molecule has 1 unspecified atom stereocenters. The molecule has 0 bridgehead atoms. The van der Waals surface area contributed by atoms with E-state index in [1.165, 1.54) is 127 Å². The van der Waals surface area contributed by atoms with E-state index in [4.69, 9.17) is 6.58 Å². The molecule has 4 aliphatic rings. The number of fused-ring (bicyclic) bond motifs is 9. The molecule has 0 aromatic heterocycles. The first kappa shape index (κ1) is 40.5. The van der Waals surface area contributed by atoms with Crippen LogP contribution in [0.2, 0.25) is 6.55 Å². The maximum absolute atomic E-state index is 5.07. The molecule has 1 atom stereocenters. The van der Waals surface area contributed by atoms with Crippen molar-refractivity contribution < 1.29 is 0 Å². The highest BCUT2D eigenvalue weighted by Gasteiger charge is 2.38. The molecule has 69 heavy (non-hydrogen) atoms. The molecule has 14 rings (SSSR count). The molecular weight excluding hydrogens is 845 g/mol. The Labute approximate surface area is 407 Å². The monoisotopic (exact) mass is 896 g/mol. The van der Waals surface area contributed by atoms with Gasteiger partial charge in [0.25, 0.3) is 0 Å². The summed E-state index contributed by atoms with van der Waals surface area (Å²) >= 11 is 0. The fourth-order valence-corrected chi connectivity index (χ4v) is 16.0. The summed E-state index contributed by atoms with van der Waals surface area (Å²) in [6.45, 7) is 17.2. The van der Waals surface area contributed by atoms with Crippen LogP contribution in [0.1, 0.15) is 84.2 Å². The van der Waals surface area contributed by atoms with Gasteiger partial charge in [0.05, 0.1) is 0 Å². The van der Waals surface area contributed by atoms with Crippen LogP contribution < -0.4 is 5.19 Å². The van der Waals surface area contributed by atoms with Crippen LogP contribution in [0.4, 0.5) is 0 Å². The van der Waals surface area contributed by atoms with Crippen LogP contribution >= 0.6 is 0 Å². The first-order chi connectivity index (χ1) is 33.6. The summed E-state index contributed by atoms with van der Waals surface area (Å²) < 4.78 is 0. The van der Waals surface area contributed by atoms with Crippen LogP contribution in [-0.2, 0) is 10.8 Å². The standard InChI is InChI=1S/C68H52Si/c1-40(43-27-32-51-49-18-7-10-22-58(49)67(2,3)60(51)37-43)48-31-28-44(56-36-45-17-13-15-41-25-26-42-16-14-21-55(56)66(42)65(41)45)35-57(48)64(47-30-34-54-53-20-9-12-24-62(53)69(6)63(54)39-47)46-29-33-52-50-19-8-11-23-59(50)68(4,5)61(52)38-46/h7-29,31-39,69H,1,30H2,2-6H3/b64-47+. The summed E-state index contributed by atoms with van der Waals surface area (Å²) in [6, 6.07) is 69.6. The minimum atomic E-state index is -1.44. The molecule has 1 heteroatoms. The zero-order valence-corrected chi connectivity index (χ0v) is 41.1. The Morgan fingerprint density at radius 3 is 1.80 bits per heavy atom. The van der Waals surface area contributed by atoms with Gasteiger partial charge in [-0.25, -0.2) is 0 Å². The molecule has 0 saturated carbocycles. The topological polar surface area (TPSA) is 0 Å². The van der Waals surface area contributed by atoms with Crippen molar-refractivity contribution in [3.05, 3.63) is 262 Å². The van der Waals surface area contributed by atoms with Crippen molar-refractivity contribution in [2.45, 2.75) is 51.5 Å². The van der Waals surface area contributed by atoms with E-state index in [1.807, 2.05) is 0 Å². The summed E-state index contributed by atoms with van der Waals surface area (Å²) in [6.07, 6.45) is 6.03. The molecule has 0 saturated heterocycles. The minimum absolute atomic E-state index is 0.123. The molecule has 1 aliphatic heterocycles. The Hall–Kier alpha value is -7.58. The quantitative estimate of drug-likeness (QED) is 0.119. The van der Waals surface area contributed by atoms with Gasteiger partial charge < -0.3 is 0 Å². The number of hydrogen-bond donors (Lipinski definition) is 0. The van der Waals surface area contributed by atoms with E-state index in [-0.39, 0.29) is 10.8 Å². The summed E-state index contributed by atoms with van der Waals surface area (Å²) in [4.78, 5) is 0. The predicted molar refractivity (Wildman–Crippen MR) is 298 cm³/mol. The average Bonchev–Trinajstić information content (AvgIpc) is 3.90. The average molecular weight is 897 g/mol. The van der Waals surface area contributed by atoms with Gasteiger partial charge >= 0.3 is 0 Å². The summed E-state index contributed by atoms with van der Waals surface area (Å²) in [5.41, 5.74) is 24.5. The molecule has 10 aromatic rings. The third-order valence-corrected chi connectivity index (χ3v) is 19.8. The molecule has 328 valence electrons. The van der Waals surface area contributed by atoms with Crippen LogP contribution in [0, 0.1) is 0 Å². The van der Waals surface area contributed by atoms with Gasteiger partial charge in [-0.3, -0.25) is 0 Å². The third-order valence-electron chi connectivity index (χ3n) is 16.9. The van der Waals surface area contributed by atoms with Crippen LogP contribution in [0.15, 0.2) is 211 Å². The van der Waals surface area contributed by atoms with Crippen molar-refractivity contribution in [3.63, 3.8) is 0 Å². The largest absolute Gasteiger partial charge is 0.101 e. The number of rotatable bonds is 5. The third kappa shape index (κ3) is 5.69. The molecule has 0 fully saturated rings. The Kier molecular flexibility index (Phi) is 8.49. The van der Waals surface area contributed by atoms with Gasteiger partial charge in [-0.05, 0) is 169 Å². The maximum atomic E-state index is 5.07. The van der Waals surface area contributed by atoms with Crippen molar-refractivity contribution in [2.24, 2.45) is 0 Å². The van der Waals surface area contributed by atoms with Gasteiger partial charge in [0.15, 0.2) is 0 Å². The highest BCUT2D eigenvalue weighted by Crippen LogP contribution is 2.53. The molecule has 0 nitrogen and oxygen atoms in total. The number of hydrogen-bond acceptors (Lipinski definition) is 0. The van der Waals surface area contributed by atoms with Crippen molar-refractivity contribution in [3.8, 4) is 33.4 Å².